The van der Waals surface area contributed by atoms with Crippen molar-refractivity contribution in [3.05, 3.63) is 14.0 Å². The summed E-state index contributed by atoms with van der Waals surface area (Å²) in [6.07, 6.45) is 0.140. The van der Waals surface area contributed by atoms with Gasteiger partial charge in [0.15, 0.2) is 0 Å². The van der Waals surface area contributed by atoms with E-state index in [0.29, 0.717) is 21.7 Å². The average Bonchev–Trinajstić information content (AvgIpc) is 3.05. The van der Waals surface area contributed by atoms with Crippen molar-refractivity contribution in [3.8, 4) is 0 Å². The van der Waals surface area contributed by atoms with Crippen LogP contribution in [-0.4, -0.2) is 146 Å². The third kappa shape index (κ3) is 25.3. The first kappa shape index (κ1) is 54.5. The van der Waals surface area contributed by atoms with Gasteiger partial charge in [-0.05, 0) is 25.3 Å². The zero-order valence-corrected chi connectivity index (χ0v) is 32.7. The van der Waals surface area contributed by atoms with E-state index < -0.39 is 98.1 Å². The summed E-state index contributed by atoms with van der Waals surface area (Å²) < 4.78 is 0. The second-order valence-corrected chi connectivity index (χ2v) is 10.0. The van der Waals surface area contributed by atoms with E-state index in [1.165, 1.54) is 6.92 Å². The summed E-state index contributed by atoms with van der Waals surface area (Å²) in [4.78, 5) is 107. The zero-order chi connectivity index (χ0) is 38.3. The molecule has 24 heteroatoms. The van der Waals surface area contributed by atoms with Gasteiger partial charge in [-0.15, -0.1) is 0 Å². The molecule has 3 atom stereocenters. The van der Waals surface area contributed by atoms with Crippen LogP contribution < -0.4 is 31.9 Å². The summed E-state index contributed by atoms with van der Waals surface area (Å²) in [5.74, 6) is -6.95. The van der Waals surface area contributed by atoms with Crippen LogP contribution in [0, 0.1) is 14.0 Å². The third-order valence-electron chi connectivity index (χ3n) is 6.01. The maximum Gasteiger partial charge on any atom is 0.243 e. The van der Waals surface area contributed by atoms with E-state index in [-0.39, 0.29) is 68.5 Å². The summed E-state index contributed by atoms with van der Waals surface area (Å²) in [6, 6.07) is -4.19. The van der Waals surface area contributed by atoms with Gasteiger partial charge in [-0.1, -0.05) is 6.92 Å². The number of nitrogens with one attached hydrogen (secondary N) is 6. The minimum atomic E-state index is -1.44. The van der Waals surface area contributed by atoms with E-state index in [1.54, 1.807) is 0 Å². The third-order valence-corrected chi connectivity index (χ3v) is 6.01. The summed E-state index contributed by atoms with van der Waals surface area (Å²) in [5, 5.41) is 49.5. The number of hydroxylamine groups is 6. The van der Waals surface area contributed by atoms with Gasteiger partial charge in [-0.25, -0.2) is 22.3 Å². The monoisotopic (exact) mass is 850 g/mol. The number of nitrogens with zero attached hydrogens (tertiary/aromatic N) is 3. The molecule has 1 radical (unpaired) electrons. The minimum Gasteiger partial charge on any atom is -0.569 e. The SMILES string of the molecule is CCCN(O)C(C)=O.[CH2-]C1NC(=O)CNC(=O)CNC(=O)[C@@H](CCN(O)C(C)=O)NC(=O)[C@@H](CCN(O)C(C)=O)NC(=O)CNC1=O.[CH2-]O.[Fe].[Y]. The molecule has 1 rings (SSSR count). The Morgan fingerprint density at radius 1 is 0.627 bits per heavy atom. The zero-order valence-electron chi connectivity index (χ0n) is 28.7. The van der Waals surface area contributed by atoms with Crippen molar-refractivity contribution in [2.75, 3.05) is 39.3 Å². The number of aliphatic hydroxyl groups is 1. The van der Waals surface area contributed by atoms with Crippen LogP contribution in [0.4, 0.5) is 0 Å². The number of rotatable bonds is 8. The van der Waals surface area contributed by atoms with E-state index in [1.807, 2.05) is 6.92 Å². The molecule has 291 valence electrons. The molecule has 0 aliphatic carbocycles. The molecule has 51 heavy (non-hydrogen) atoms. The van der Waals surface area contributed by atoms with Crippen molar-refractivity contribution in [2.24, 2.45) is 0 Å². The van der Waals surface area contributed by atoms with Crippen molar-refractivity contribution < 1.29 is 114 Å². The Labute approximate surface area is 330 Å². The molecule has 9 amide bonds. The number of carbonyl (C=O) groups excluding carboxylic acids is 9. The topological polar surface area (TPSA) is 316 Å². The second kappa shape index (κ2) is 30.3. The van der Waals surface area contributed by atoms with Crippen LogP contribution >= 0.6 is 0 Å². The molecular formula is C27H47FeN9O13Y-2. The van der Waals surface area contributed by atoms with Crippen molar-refractivity contribution in [3.63, 3.8) is 0 Å². The van der Waals surface area contributed by atoms with Gasteiger partial charge in [-0.2, -0.15) is 0 Å². The van der Waals surface area contributed by atoms with Crippen LogP contribution in [0.5, 0.6) is 0 Å². The predicted molar refractivity (Wildman–Crippen MR) is 165 cm³/mol. The van der Waals surface area contributed by atoms with Crippen LogP contribution in [0.2, 0.25) is 0 Å². The molecule has 10 N–H and O–H groups in total. The predicted octanol–water partition coefficient (Wildman–Crippen LogP) is -4.33. The number of aliphatic hydroxyl groups excluding tert-OH is 1. The van der Waals surface area contributed by atoms with Crippen LogP contribution in [0.25, 0.3) is 0 Å². The Kier molecular flexibility index (Phi) is 32.4. The van der Waals surface area contributed by atoms with Gasteiger partial charge in [0.1, 0.15) is 12.1 Å². The molecular weight excluding hydrogens is 803 g/mol. The molecule has 0 aromatic carbocycles. The van der Waals surface area contributed by atoms with Gasteiger partial charge in [0.2, 0.25) is 53.2 Å². The fourth-order valence-corrected chi connectivity index (χ4v) is 3.38. The van der Waals surface area contributed by atoms with E-state index in [0.717, 1.165) is 20.3 Å². The van der Waals surface area contributed by atoms with E-state index in [9.17, 15) is 53.6 Å². The maximum atomic E-state index is 13.0. The summed E-state index contributed by atoms with van der Waals surface area (Å²) in [7, 11) is 2.25. The van der Waals surface area contributed by atoms with E-state index in [2.05, 4.69) is 45.9 Å². The number of hydrogen-bond acceptors (Lipinski definition) is 13. The summed E-state index contributed by atoms with van der Waals surface area (Å²) in [6.45, 7) is 6.56. The molecule has 1 unspecified atom stereocenters. The first-order valence-electron chi connectivity index (χ1n) is 14.7. The molecule has 1 heterocycles. The van der Waals surface area contributed by atoms with Gasteiger partial charge in [0.25, 0.3) is 0 Å². The molecule has 0 aromatic heterocycles. The van der Waals surface area contributed by atoms with Gasteiger partial charge in [-0.3, -0.25) is 58.8 Å². The largest absolute Gasteiger partial charge is 0.569 e. The first-order valence-corrected chi connectivity index (χ1v) is 14.7. The Morgan fingerprint density at radius 3 is 1.43 bits per heavy atom. The van der Waals surface area contributed by atoms with Crippen molar-refractivity contribution in [2.45, 2.75) is 65.1 Å². The Morgan fingerprint density at radius 2 is 1.00 bits per heavy atom. The van der Waals surface area contributed by atoms with E-state index in [4.69, 9.17) is 10.3 Å². The standard InChI is InChI=1S/C21H33N8O10.C5H11NO2.CH3O.Fe.Y/c1-11-19(35)23-10-18(34)26-15(5-7-29(39)13(3)31)21(37)27-14(4-6-28(38)12(2)30)20(36)24-8-16(32)22-9-17(33)25-11;1-3-4-6(8)5(2)7;1-2;;/h11,14-15,38-39H,1,4-10H2,2-3H3,(H,22,32)(H,23,35)(H,24,36)(H,25,33)(H,26,34)(H,27,37);8H,3-4H2,1-2H3;2H,1H2;;/q-1;;-1;;/t11?,14-,15-;;;;/m1..../s1. The molecule has 1 fully saturated rings. The van der Waals surface area contributed by atoms with Crippen LogP contribution in [0.15, 0.2) is 0 Å². The van der Waals surface area contributed by atoms with Crippen molar-refractivity contribution in [1.82, 2.24) is 47.1 Å². The normalized spacial score (nSPS) is 18.4. The first-order chi connectivity index (χ1) is 22.9. The van der Waals surface area contributed by atoms with Gasteiger partial charge < -0.3 is 43.9 Å². The fourth-order valence-electron chi connectivity index (χ4n) is 3.38. The number of amides is 9. The quantitative estimate of drug-likeness (QED) is 0.0479. The van der Waals surface area contributed by atoms with Crippen LogP contribution in [-0.2, 0) is 92.9 Å². The Hall–Kier alpha value is -3.31. The van der Waals surface area contributed by atoms with Crippen molar-refractivity contribution >= 4 is 53.2 Å². The molecule has 1 aliphatic heterocycles. The molecule has 0 saturated carbocycles. The van der Waals surface area contributed by atoms with Gasteiger partial charge >= 0.3 is 0 Å². The molecule has 1 aliphatic rings. The Balaban J connectivity index is -0.000000807. The van der Waals surface area contributed by atoms with E-state index >= 15 is 0 Å². The Bertz CT molecular complexity index is 1170. The van der Waals surface area contributed by atoms with Gasteiger partial charge in [0.05, 0.1) is 32.7 Å². The molecule has 0 spiro atoms. The smallest absolute Gasteiger partial charge is 0.243 e. The molecule has 22 nitrogen and oxygen atoms in total. The van der Waals surface area contributed by atoms with Crippen LogP contribution in [0.3, 0.4) is 0 Å². The van der Waals surface area contributed by atoms with Crippen molar-refractivity contribution in [1.29, 1.82) is 0 Å². The maximum absolute atomic E-state index is 13.0. The average molecular weight is 850 g/mol. The molecule has 1 saturated heterocycles. The number of carbonyl (C=O) groups is 9. The number of hydrogen-bond donors (Lipinski definition) is 10. The molecule has 0 aromatic rings. The second-order valence-electron chi connectivity index (χ2n) is 10.0. The van der Waals surface area contributed by atoms with Gasteiger partial charge in [0, 0.05) is 77.1 Å². The van der Waals surface area contributed by atoms with Crippen LogP contribution in [0.1, 0.15) is 47.0 Å². The summed E-state index contributed by atoms with van der Waals surface area (Å²) >= 11 is 0. The fraction of sp³-hybridized carbons (Fsp3) is 0.593. The molecule has 0 bridgehead atoms. The minimum absolute atomic E-state index is 0. The summed E-state index contributed by atoms with van der Waals surface area (Å²) in [5.41, 5.74) is 0.